The first-order valence-corrected chi connectivity index (χ1v) is 9.37. The summed E-state index contributed by atoms with van der Waals surface area (Å²) in [6.07, 6.45) is 2.62. The predicted molar refractivity (Wildman–Crippen MR) is 102 cm³/mol. The predicted octanol–water partition coefficient (Wildman–Crippen LogP) is 3.22. The van der Waals surface area contributed by atoms with Crippen LogP contribution in [0.25, 0.3) is 0 Å². The van der Waals surface area contributed by atoms with Crippen molar-refractivity contribution < 1.29 is 9.18 Å². The van der Waals surface area contributed by atoms with E-state index in [9.17, 15) is 9.18 Å². The van der Waals surface area contributed by atoms with Crippen molar-refractivity contribution in [3.63, 3.8) is 0 Å². The molecule has 4 nitrogen and oxygen atoms in total. The van der Waals surface area contributed by atoms with Crippen molar-refractivity contribution >= 4 is 5.91 Å². The highest BCUT2D eigenvalue weighted by Gasteiger charge is 2.30. The van der Waals surface area contributed by atoms with Gasteiger partial charge in [0, 0.05) is 26.1 Å². The van der Waals surface area contributed by atoms with Crippen LogP contribution in [0.4, 0.5) is 4.39 Å². The third kappa shape index (κ3) is 5.15. The molecule has 1 aliphatic heterocycles. The number of benzene rings is 2. The summed E-state index contributed by atoms with van der Waals surface area (Å²) < 4.78 is 13.0. The van der Waals surface area contributed by atoms with Gasteiger partial charge in [-0.2, -0.15) is 5.26 Å². The average molecular weight is 365 g/mol. The zero-order valence-electron chi connectivity index (χ0n) is 15.3. The summed E-state index contributed by atoms with van der Waals surface area (Å²) in [4.78, 5) is 15.0. The zero-order chi connectivity index (χ0) is 19.1. The Bertz CT molecular complexity index is 813. The van der Waals surface area contributed by atoms with Gasteiger partial charge in [-0.05, 0) is 48.1 Å². The first kappa shape index (κ1) is 19.1. The lowest BCUT2D eigenvalue weighted by Gasteiger charge is -2.36. The second-order valence-electron chi connectivity index (χ2n) is 6.89. The molecule has 3 rings (SSSR count). The Balaban J connectivity index is 1.61. The van der Waals surface area contributed by atoms with Crippen LogP contribution in [0.15, 0.2) is 48.5 Å². The van der Waals surface area contributed by atoms with Gasteiger partial charge in [0.2, 0.25) is 5.91 Å². The lowest BCUT2D eigenvalue weighted by atomic mass is 9.93. The van der Waals surface area contributed by atoms with E-state index < -0.39 is 0 Å². The summed E-state index contributed by atoms with van der Waals surface area (Å²) in [6.45, 7) is 1.99. The Labute approximate surface area is 159 Å². The molecule has 27 heavy (non-hydrogen) atoms. The summed E-state index contributed by atoms with van der Waals surface area (Å²) in [5, 5.41) is 11.8. The van der Waals surface area contributed by atoms with Crippen molar-refractivity contribution in [2.75, 3.05) is 13.1 Å². The van der Waals surface area contributed by atoms with Crippen molar-refractivity contribution in [2.24, 2.45) is 0 Å². The van der Waals surface area contributed by atoms with E-state index in [1.807, 2.05) is 12.1 Å². The standard InChI is InChI=1S/C22H24FN3O/c23-20-9-7-17(8-10-20)11-13-25-22(27)21-15-18-5-1-2-6-19(18)16-26(21)14-4-3-12-24/h1-2,5-10,21H,3-4,11,13-16H2,(H,25,27). The van der Waals surface area contributed by atoms with Gasteiger partial charge in [0.15, 0.2) is 0 Å². The zero-order valence-corrected chi connectivity index (χ0v) is 15.3. The highest BCUT2D eigenvalue weighted by Crippen LogP contribution is 2.23. The van der Waals surface area contributed by atoms with Gasteiger partial charge in [0.25, 0.3) is 0 Å². The molecule has 140 valence electrons. The Kier molecular flexibility index (Phi) is 6.56. The van der Waals surface area contributed by atoms with E-state index in [-0.39, 0.29) is 17.8 Å². The molecule has 2 aromatic rings. The number of carbonyl (C=O) groups excluding carboxylic acids is 1. The minimum absolute atomic E-state index is 0.0172. The van der Waals surface area contributed by atoms with Crippen molar-refractivity contribution in [1.82, 2.24) is 10.2 Å². The number of carbonyl (C=O) groups is 1. The largest absolute Gasteiger partial charge is 0.354 e. The number of unbranched alkanes of at least 4 members (excludes halogenated alkanes) is 1. The molecule has 0 saturated heterocycles. The minimum atomic E-state index is -0.253. The molecule has 1 aliphatic rings. The molecule has 0 fully saturated rings. The van der Waals surface area contributed by atoms with Crippen LogP contribution in [0.3, 0.4) is 0 Å². The number of hydrogen-bond donors (Lipinski definition) is 1. The molecule has 0 bridgehead atoms. The number of nitrogens with zero attached hydrogens (tertiary/aromatic N) is 2. The van der Waals surface area contributed by atoms with E-state index in [4.69, 9.17) is 5.26 Å². The molecule has 0 radical (unpaired) electrons. The fourth-order valence-corrected chi connectivity index (χ4v) is 3.53. The number of fused-ring (bicyclic) bond motifs is 1. The van der Waals surface area contributed by atoms with E-state index in [2.05, 4.69) is 28.4 Å². The molecule has 1 N–H and O–H groups in total. The highest BCUT2D eigenvalue weighted by atomic mass is 19.1. The molecule has 5 heteroatoms. The van der Waals surface area contributed by atoms with E-state index >= 15 is 0 Å². The Morgan fingerprint density at radius 3 is 2.67 bits per heavy atom. The van der Waals surface area contributed by atoms with Crippen molar-refractivity contribution in [1.29, 1.82) is 5.26 Å². The van der Waals surface area contributed by atoms with Crippen molar-refractivity contribution in [3.05, 3.63) is 71.0 Å². The maximum Gasteiger partial charge on any atom is 0.237 e. The summed E-state index contributed by atoms with van der Waals surface area (Å²) in [5.74, 6) is -0.236. The SMILES string of the molecule is N#CCCCN1Cc2ccccc2CC1C(=O)NCCc1ccc(F)cc1. The molecule has 0 aromatic heterocycles. The van der Waals surface area contributed by atoms with Crippen LogP contribution in [0.1, 0.15) is 29.5 Å². The first-order valence-electron chi connectivity index (χ1n) is 9.37. The fraction of sp³-hybridized carbons (Fsp3) is 0.364. The third-order valence-electron chi connectivity index (χ3n) is 5.01. The molecule has 2 aromatic carbocycles. The van der Waals surface area contributed by atoms with Crippen LogP contribution < -0.4 is 5.32 Å². The molecule has 1 amide bonds. The average Bonchev–Trinajstić information content (AvgIpc) is 2.69. The normalized spacial score (nSPS) is 16.4. The number of nitriles is 1. The summed E-state index contributed by atoms with van der Waals surface area (Å²) >= 11 is 0. The summed E-state index contributed by atoms with van der Waals surface area (Å²) in [6, 6.07) is 16.5. The van der Waals surface area contributed by atoms with Gasteiger partial charge in [-0.1, -0.05) is 36.4 Å². The van der Waals surface area contributed by atoms with Crippen molar-refractivity contribution in [3.8, 4) is 6.07 Å². The van der Waals surface area contributed by atoms with Crippen LogP contribution in [-0.2, 0) is 24.2 Å². The van der Waals surface area contributed by atoms with Gasteiger partial charge in [0.05, 0.1) is 12.1 Å². The maximum absolute atomic E-state index is 13.0. The van der Waals surface area contributed by atoms with Crippen LogP contribution in [-0.4, -0.2) is 29.9 Å². The minimum Gasteiger partial charge on any atom is -0.354 e. The second-order valence-corrected chi connectivity index (χ2v) is 6.89. The molecule has 0 spiro atoms. The van der Waals surface area contributed by atoms with E-state index in [1.165, 1.54) is 23.3 Å². The number of amides is 1. The maximum atomic E-state index is 13.0. The van der Waals surface area contributed by atoms with Crippen LogP contribution in [0, 0.1) is 17.1 Å². The van der Waals surface area contributed by atoms with Crippen LogP contribution in [0.2, 0.25) is 0 Å². The summed E-state index contributed by atoms with van der Waals surface area (Å²) in [7, 11) is 0. The van der Waals surface area contributed by atoms with Crippen LogP contribution in [0.5, 0.6) is 0 Å². The third-order valence-corrected chi connectivity index (χ3v) is 5.01. The number of rotatable bonds is 7. The van der Waals surface area contributed by atoms with E-state index in [0.29, 0.717) is 25.8 Å². The fourth-order valence-electron chi connectivity index (χ4n) is 3.53. The molecular weight excluding hydrogens is 341 g/mol. The quantitative estimate of drug-likeness (QED) is 0.767. The first-order chi connectivity index (χ1) is 13.2. The smallest absolute Gasteiger partial charge is 0.237 e. The Hall–Kier alpha value is -2.71. The Morgan fingerprint density at radius 2 is 1.93 bits per heavy atom. The molecular formula is C22H24FN3O. The molecule has 0 aliphatic carbocycles. The second kappa shape index (κ2) is 9.29. The molecule has 1 unspecified atom stereocenters. The van der Waals surface area contributed by atoms with E-state index in [0.717, 1.165) is 25.1 Å². The summed E-state index contributed by atoms with van der Waals surface area (Å²) in [5.41, 5.74) is 3.47. The van der Waals surface area contributed by atoms with Crippen LogP contribution >= 0.6 is 0 Å². The van der Waals surface area contributed by atoms with Gasteiger partial charge in [-0.15, -0.1) is 0 Å². The molecule has 0 saturated carbocycles. The number of nitrogens with one attached hydrogen (secondary N) is 1. The number of halogens is 1. The molecule has 1 heterocycles. The topological polar surface area (TPSA) is 56.1 Å². The van der Waals surface area contributed by atoms with Crippen molar-refractivity contribution in [2.45, 2.75) is 38.3 Å². The lowest BCUT2D eigenvalue weighted by molar-refractivity contribution is -0.127. The van der Waals surface area contributed by atoms with Gasteiger partial charge in [-0.3, -0.25) is 9.69 Å². The lowest BCUT2D eigenvalue weighted by Crippen LogP contribution is -2.50. The van der Waals surface area contributed by atoms with Gasteiger partial charge in [0.1, 0.15) is 5.82 Å². The highest BCUT2D eigenvalue weighted by molar-refractivity contribution is 5.82. The number of hydrogen-bond acceptors (Lipinski definition) is 3. The van der Waals surface area contributed by atoms with Gasteiger partial charge >= 0.3 is 0 Å². The van der Waals surface area contributed by atoms with Gasteiger partial charge < -0.3 is 5.32 Å². The monoisotopic (exact) mass is 365 g/mol. The molecule has 1 atom stereocenters. The van der Waals surface area contributed by atoms with E-state index in [1.54, 1.807) is 12.1 Å². The van der Waals surface area contributed by atoms with Gasteiger partial charge in [-0.25, -0.2) is 4.39 Å². The Morgan fingerprint density at radius 1 is 1.19 bits per heavy atom.